The Bertz CT molecular complexity index is 540. The van der Waals surface area contributed by atoms with E-state index in [0.717, 1.165) is 12.1 Å². The zero-order valence-corrected chi connectivity index (χ0v) is 11.0. The van der Waals surface area contributed by atoms with Crippen LogP contribution in [0.15, 0.2) is 18.2 Å². The Kier molecular flexibility index (Phi) is 3.63. The van der Waals surface area contributed by atoms with Gasteiger partial charge in [0.1, 0.15) is 6.07 Å². The van der Waals surface area contributed by atoms with Crippen LogP contribution in [-0.4, -0.2) is 33.1 Å². The Morgan fingerprint density at radius 2 is 1.85 bits per heavy atom. The molecule has 0 amide bonds. The molecule has 1 heterocycles. The van der Waals surface area contributed by atoms with Crippen molar-refractivity contribution in [1.82, 2.24) is 0 Å². The van der Waals surface area contributed by atoms with Crippen LogP contribution in [-0.2, 0) is 15.7 Å². The van der Waals surface area contributed by atoms with Crippen molar-refractivity contribution in [1.29, 1.82) is 5.26 Å². The number of nitriles is 1. The molecular formula is C13H13F3N2O2. The maximum atomic E-state index is 12.6. The minimum atomic E-state index is -4.46. The minimum Gasteiger partial charge on any atom is -0.359 e. The molecule has 0 unspecified atom stereocenters. The zero-order chi connectivity index (χ0) is 15.0. The number of hydrogen-bond acceptors (Lipinski definition) is 4. The molecule has 0 bridgehead atoms. The van der Waals surface area contributed by atoms with Gasteiger partial charge in [-0.05, 0) is 18.2 Å². The lowest BCUT2D eigenvalue weighted by Gasteiger charge is -2.48. The van der Waals surface area contributed by atoms with E-state index in [-0.39, 0.29) is 5.56 Å². The Hall–Kier alpha value is -1.78. The molecule has 1 aromatic rings. The second-order valence-electron chi connectivity index (χ2n) is 4.52. The highest BCUT2D eigenvalue weighted by Crippen LogP contribution is 2.36. The Labute approximate surface area is 114 Å². The molecule has 20 heavy (non-hydrogen) atoms. The average molecular weight is 286 g/mol. The van der Waals surface area contributed by atoms with Gasteiger partial charge in [0.25, 0.3) is 0 Å². The van der Waals surface area contributed by atoms with Gasteiger partial charge in [0, 0.05) is 14.2 Å². The van der Waals surface area contributed by atoms with Crippen LogP contribution in [0.25, 0.3) is 0 Å². The first-order valence-electron chi connectivity index (χ1n) is 5.82. The van der Waals surface area contributed by atoms with Crippen LogP contribution in [0.5, 0.6) is 0 Å². The fraction of sp³-hybridized carbons (Fsp3) is 0.462. The predicted molar refractivity (Wildman–Crippen MR) is 65.1 cm³/mol. The van der Waals surface area contributed by atoms with Crippen LogP contribution in [0.3, 0.4) is 0 Å². The van der Waals surface area contributed by atoms with Crippen molar-refractivity contribution in [2.45, 2.75) is 12.0 Å². The average Bonchev–Trinajstić information content (AvgIpc) is 2.37. The number of alkyl halides is 3. The quantitative estimate of drug-likeness (QED) is 0.800. The number of hydrogen-bond donors (Lipinski definition) is 0. The molecule has 108 valence electrons. The summed E-state index contributed by atoms with van der Waals surface area (Å²) >= 11 is 0. The third kappa shape index (κ3) is 2.44. The third-order valence-corrected chi connectivity index (χ3v) is 3.39. The van der Waals surface area contributed by atoms with Crippen molar-refractivity contribution >= 4 is 5.69 Å². The molecule has 0 N–H and O–H groups in total. The smallest absolute Gasteiger partial charge is 0.359 e. The molecule has 1 aliphatic rings. The number of rotatable bonds is 3. The molecule has 0 aliphatic carbocycles. The molecule has 0 saturated carbocycles. The second kappa shape index (κ2) is 4.96. The Morgan fingerprint density at radius 3 is 2.30 bits per heavy atom. The van der Waals surface area contributed by atoms with Crippen LogP contribution >= 0.6 is 0 Å². The van der Waals surface area contributed by atoms with Gasteiger partial charge < -0.3 is 14.4 Å². The van der Waals surface area contributed by atoms with Crippen molar-refractivity contribution < 1.29 is 22.6 Å². The van der Waals surface area contributed by atoms with Gasteiger partial charge in [-0.2, -0.15) is 18.4 Å². The van der Waals surface area contributed by atoms with E-state index in [9.17, 15) is 13.2 Å². The molecule has 0 aromatic heterocycles. The van der Waals surface area contributed by atoms with E-state index in [2.05, 4.69) is 0 Å². The highest BCUT2D eigenvalue weighted by molar-refractivity contribution is 5.62. The Balaban J connectivity index is 2.25. The summed E-state index contributed by atoms with van der Waals surface area (Å²) in [5.74, 6) is -0.755. The maximum absolute atomic E-state index is 12.6. The predicted octanol–water partition coefficient (Wildman–Crippen LogP) is 2.39. The fourth-order valence-corrected chi connectivity index (χ4v) is 2.12. The molecule has 7 heteroatoms. The summed E-state index contributed by atoms with van der Waals surface area (Å²) in [4.78, 5) is 1.74. The SMILES string of the molecule is COC1(OC)CN(c2ccc(C(F)(F)F)cc2C#N)C1. The van der Waals surface area contributed by atoms with E-state index in [1.165, 1.54) is 20.3 Å². The Morgan fingerprint density at radius 1 is 1.25 bits per heavy atom. The topological polar surface area (TPSA) is 45.5 Å². The van der Waals surface area contributed by atoms with Crippen LogP contribution in [0.1, 0.15) is 11.1 Å². The molecule has 0 atom stereocenters. The van der Waals surface area contributed by atoms with Gasteiger partial charge >= 0.3 is 6.18 Å². The lowest BCUT2D eigenvalue weighted by molar-refractivity contribution is -0.219. The normalized spacial score (nSPS) is 17.5. The molecule has 2 rings (SSSR count). The van der Waals surface area contributed by atoms with E-state index in [0.29, 0.717) is 18.8 Å². The summed E-state index contributed by atoms with van der Waals surface area (Å²) in [6.45, 7) is 0.722. The standard InChI is InChI=1S/C13H13F3N2O2/c1-19-12(20-2)7-18(8-12)11-4-3-10(13(14,15)16)5-9(11)6-17/h3-5H,7-8H2,1-2H3. The van der Waals surface area contributed by atoms with Crippen molar-refractivity contribution in [3.05, 3.63) is 29.3 Å². The molecule has 1 aromatic carbocycles. The molecule has 4 nitrogen and oxygen atoms in total. The van der Waals surface area contributed by atoms with Crippen LogP contribution < -0.4 is 4.90 Å². The van der Waals surface area contributed by atoms with Gasteiger partial charge in [0.2, 0.25) is 5.79 Å². The fourth-order valence-electron chi connectivity index (χ4n) is 2.12. The van der Waals surface area contributed by atoms with Crippen LogP contribution in [0, 0.1) is 11.3 Å². The van der Waals surface area contributed by atoms with E-state index in [1.807, 2.05) is 0 Å². The van der Waals surface area contributed by atoms with Crippen molar-refractivity contribution in [3.8, 4) is 6.07 Å². The number of nitrogens with zero attached hydrogens (tertiary/aromatic N) is 2. The summed E-state index contributed by atoms with van der Waals surface area (Å²) in [5.41, 5.74) is -0.395. The van der Waals surface area contributed by atoms with E-state index >= 15 is 0 Å². The van der Waals surface area contributed by atoms with Gasteiger partial charge in [-0.3, -0.25) is 0 Å². The molecular weight excluding hydrogens is 273 g/mol. The lowest BCUT2D eigenvalue weighted by atomic mass is 10.0. The highest BCUT2D eigenvalue weighted by atomic mass is 19.4. The molecule has 1 aliphatic heterocycles. The molecule has 1 saturated heterocycles. The van der Waals surface area contributed by atoms with Crippen LogP contribution in [0.2, 0.25) is 0 Å². The second-order valence-corrected chi connectivity index (χ2v) is 4.52. The molecule has 0 spiro atoms. The largest absolute Gasteiger partial charge is 0.416 e. The number of ether oxygens (including phenoxy) is 2. The van der Waals surface area contributed by atoms with Crippen LogP contribution in [0.4, 0.5) is 18.9 Å². The first-order chi connectivity index (χ1) is 9.35. The lowest BCUT2D eigenvalue weighted by Crippen LogP contribution is -2.64. The van der Waals surface area contributed by atoms with E-state index < -0.39 is 17.5 Å². The van der Waals surface area contributed by atoms with E-state index in [1.54, 1.807) is 11.0 Å². The van der Waals surface area contributed by atoms with Gasteiger partial charge in [-0.25, -0.2) is 0 Å². The van der Waals surface area contributed by atoms with Gasteiger partial charge in [0.15, 0.2) is 0 Å². The number of anilines is 1. The maximum Gasteiger partial charge on any atom is 0.416 e. The van der Waals surface area contributed by atoms with Crippen molar-refractivity contribution in [3.63, 3.8) is 0 Å². The highest BCUT2D eigenvalue weighted by Gasteiger charge is 2.44. The number of methoxy groups -OCH3 is 2. The number of halogens is 3. The summed E-state index contributed by atoms with van der Waals surface area (Å²) in [6.07, 6.45) is -4.46. The zero-order valence-electron chi connectivity index (χ0n) is 11.0. The van der Waals surface area contributed by atoms with Crippen molar-refractivity contribution in [2.24, 2.45) is 0 Å². The third-order valence-electron chi connectivity index (χ3n) is 3.39. The van der Waals surface area contributed by atoms with Gasteiger partial charge in [-0.15, -0.1) is 0 Å². The molecule has 1 fully saturated rings. The molecule has 0 radical (unpaired) electrons. The first kappa shape index (κ1) is 14.6. The monoisotopic (exact) mass is 286 g/mol. The van der Waals surface area contributed by atoms with Gasteiger partial charge in [-0.1, -0.05) is 0 Å². The summed E-state index contributed by atoms with van der Waals surface area (Å²) in [7, 11) is 3.00. The number of benzene rings is 1. The summed E-state index contributed by atoms with van der Waals surface area (Å²) < 4.78 is 48.2. The van der Waals surface area contributed by atoms with Crippen molar-refractivity contribution in [2.75, 3.05) is 32.2 Å². The van der Waals surface area contributed by atoms with Gasteiger partial charge in [0.05, 0.1) is 29.9 Å². The summed E-state index contributed by atoms with van der Waals surface area (Å²) in [5, 5.41) is 9.02. The first-order valence-corrected chi connectivity index (χ1v) is 5.82. The minimum absolute atomic E-state index is 0.0133. The van der Waals surface area contributed by atoms with E-state index in [4.69, 9.17) is 14.7 Å². The summed E-state index contributed by atoms with van der Waals surface area (Å²) in [6, 6.07) is 4.92.